The van der Waals surface area contributed by atoms with Crippen molar-refractivity contribution in [3.63, 3.8) is 0 Å². The third-order valence-corrected chi connectivity index (χ3v) is 3.19. The van der Waals surface area contributed by atoms with Gasteiger partial charge in [-0.05, 0) is 35.2 Å². The van der Waals surface area contributed by atoms with Crippen molar-refractivity contribution in [2.24, 2.45) is 0 Å². The quantitative estimate of drug-likeness (QED) is 0.891. The fourth-order valence-electron chi connectivity index (χ4n) is 1.22. The van der Waals surface area contributed by atoms with Crippen molar-refractivity contribution in [3.05, 3.63) is 22.3 Å². The SMILES string of the molecule is CSCC(C)NC(=O)c1cc(Br)cnc1N. The van der Waals surface area contributed by atoms with Gasteiger partial charge in [-0.15, -0.1) is 0 Å². The summed E-state index contributed by atoms with van der Waals surface area (Å²) >= 11 is 4.94. The highest BCUT2D eigenvalue weighted by atomic mass is 79.9. The molecule has 1 aromatic rings. The van der Waals surface area contributed by atoms with Gasteiger partial charge in [0, 0.05) is 22.5 Å². The van der Waals surface area contributed by atoms with Crippen LogP contribution in [0.4, 0.5) is 5.82 Å². The number of carbonyl (C=O) groups is 1. The van der Waals surface area contributed by atoms with E-state index >= 15 is 0 Å². The molecular weight excluding hydrogens is 290 g/mol. The van der Waals surface area contributed by atoms with Gasteiger partial charge < -0.3 is 11.1 Å². The molecule has 1 rings (SSSR count). The van der Waals surface area contributed by atoms with Crippen LogP contribution in [0.5, 0.6) is 0 Å². The standard InChI is InChI=1S/C10H14BrN3OS/c1-6(5-16-2)14-10(15)8-3-7(11)4-13-9(8)12/h3-4,6H,5H2,1-2H3,(H2,12,13)(H,14,15). The van der Waals surface area contributed by atoms with Gasteiger partial charge in [-0.3, -0.25) is 4.79 Å². The minimum Gasteiger partial charge on any atom is -0.383 e. The average Bonchev–Trinajstić information content (AvgIpc) is 2.21. The van der Waals surface area contributed by atoms with Gasteiger partial charge in [-0.25, -0.2) is 4.98 Å². The first-order chi connectivity index (χ1) is 7.54. The second kappa shape index (κ2) is 6.10. The number of nitrogens with two attached hydrogens (primary N) is 1. The predicted molar refractivity (Wildman–Crippen MR) is 71.7 cm³/mol. The number of nitrogens with one attached hydrogen (secondary N) is 1. The maximum atomic E-state index is 11.8. The molecule has 4 nitrogen and oxygen atoms in total. The molecule has 0 spiro atoms. The van der Waals surface area contributed by atoms with Crippen LogP contribution in [0.15, 0.2) is 16.7 Å². The molecule has 1 amide bonds. The molecule has 0 aliphatic carbocycles. The summed E-state index contributed by atoms with van der Waals surface area (Å²) in [6.45, 7) is 1.95. The lowest BCUT2D eigenvalue weighted by Crippen LogP contribution is -2.34. The van der Waals surface area contributed by atoms with E-state index in [0.29, 0.717) is 5.56 Å². The summed E-state index contributed by atoms with van der Waals surface area (Å²) < 4.78 is 0.740. The molecule has 1 heterocycles. The maximum absolute atomic E-state index is 11.8. The summed E-state index contributed by atoms with van der Waals surface area (Å²) in [5.74, 6) is 0.928. The molecule has 0 aliphatic heterocycles. The maximum Gasteiger partial charge on any atom is 0.255 e. The molecule has 6 heteroatoms. The fraction of sp³-hybridized carbons (Fsp3) is 0.400. The monoisotopic (exact) mass is 303 g/mol. The lowest BCUT2D eigenvalue weighted by molar-refractivity contribution is 0.0944. The number of anilines is 1. The lowest BCUT2D eigenvalue weighted by Gasteiger charge is -2.13. The number of hydrogen-bond acceptors (Lipinski definition) is 4. The molecule has 0 aromatic carbocycles. The molecule has 0 fully saturated rings. The van der Waals surface area contributed by atoms with Gasteiger partial charge in [0.1, 0.15) is 5.82 Å². The van der Waals surface area contributed by atoms with Gasteiger partial charge in [-0.1, -0.05) is 0 Å². The van der Waals surface area contributed by atoms with Crippen molar-refractivity contribution >= 4 is 39.4 Å². The van der Waals surface area contributed by atoms with Crippen molar-refractivity contribution in [3.8, 4) is 0 Å². The van der Waals surface area contributed by atoms with Crippen LogP contribution in [0.3, 0.4) is 0 Å². The highest BCUT2D eigenvalue weighted by Gasteiger charge is 2.13. The van der Waals surface area contributed by atoms with Crippen LogP contribution < -0.4 is 11.1 Å². The molecule has 1 aromatic heterocycles. The minimum absolute atomic E-state index is 0.112. The topological polar surface area (TPSA) is 68.0 Å². The summed E-state index contributed by atoms with van der Waals surface area (Å²) in [7, 11) is 0. The van der Waals surface area contributed by atoms with Gasteiger partial charge in [0.25, 0.3) is 5.91 Å². The largest absolute Gasteiger partial charge is 0.383 e. The summed E-state index contributed by atoms with van der Waals surface area (Å²) in [6, 6.07) is 1.78. The lowest BCUT2D eigenvalue weighted by atomic mass is 10.2. The third kappa shape index (κ3) is 3.68. The molecule has 0 bridgehead atoms. The van der Waals surface area contributed by atoms with Crippen LogP contribution in [0.1, 0.15) is 17.3 Å². The number of pyridine rings is 1. The van der Waals surface area contributed by atoms with Crippen LogP contribution in [-0.4, -0.2) is 28.9 Å². The Bertz CT molecular complexity index is 386. The second-order valence-corrected chi connectivity index (χ2v) is 5.24. The predicted octanol–water partition coefficient (Wildman–Crippen LogP) is 1.91. The van der Waals surface area contributed by atoms with Gasteiger partial charge >= 0.3 is 0 Å². The van der Waals surface area contributed by atoms with Crippen molar-refractivity contribution < 1.29 is 4.79 Å². The number of rotatable bonds is 4. The van der Waals surface area contributed by atoms with Crippen LogP contribution in [-0.2, 0) is 0 Å². The number of hydrogen-bond donors (Lipinski definition) is 2. The molecule has 16 heavy (non-hydrogen) atoms. The molecular formula is C10H14BrN3OS. The number of nitrogens with zero attached hydrogens (tertiary/aromatic N) is 1. The molecule has 3 N–H and O–H groups in total. The van der Waals surface area contributed by atoms with E-state index in [1.807, 2.05) is 13.2 Å². The van der Waals surface area contributed by atoms with Gasteiger partial charge in [0.2, 0.25) is 0 Å². The van der Waals surface area contributed by atoms with Gasteiger partial charge in [0.05, 0.1) is 5.56 Å². The zero-order chi connectivity index (χ0) is 12.1. The van der Waals surface area contributed by atoms with Crippen LogP contribution in [0, 0.1) is 0 Å². The highest BCUT2D eigenvalue weighted by Crippen LogP contribution is 2.15. The number of carbonyl (C=O) groups excluding carboxylic acids is 1. The Morgan fingerprint density at radius 2 is 2.44 bits per heavy atom. The Morgan fingerprint density at radius 3 is 3.06 bits per heavy atom. The molecule has 0 aliphatic rings. The van der Waals surface area contributed by atoms with Crippen LogP contribution in [0.2, 0.25) is 0 Å². The fourth-order valence-corrected chi connectivity index (χ4v) is 2.14. The van der Waals surface area contributed by atoms with Crippen molar-refractivity contribution in [1.82, 2.24) is 10.3 Å². The van der Waals surface area contributed by atoms with Crippen molar-refractivity contribution in [1.29, 1.82) is 0 Å². The van der Waals surface area contributed by atoms with E-state index in [0.717, 1.165) is 10.2 Å². The number of aromatic nitrogens is 1. The Labute approximate surface area is 108 Å². The molecule has 0 saturated heterocycles. The van der Waals surface area contributed by atoms with Gasteiger partial charge in [0.15, 0.2) is 0 Å². The summed E-state index contributed by atoms with van der Waals surface area (Å²) in [4.78, 5) is 15.8. The van der Waals surface area contributed by atoms with Crippen molar-refractivity contribution in [2.75, 3.05) is 17.7 Å². The highest BCUT2D eigenvalue weighted by molar-refractivity contribution is 9.10. The minimum atomic E-state index is -0.187. The average molecular weight is 304 g/mol. The molecule has 1 atom stereocenters. The van der Waals surface area contributed by atoms with E-state index in [4.69, 9.17) is 5.73 Å². The van der Waals surface area contributed by atoms with E-state index in [2.05, 4.69) is 26.2 Å². The Kier molecular flexibility index (Phi) is 5.08. The van der Waals surface area contributed by atoms with Crippen LogP contribution >= 0.6 is 27.7 Å². The van der Waals surface area contributed by atoms with E-state index in [9.17, 15) is 4.79 Å². The number of thioether (sulfide) groups is 1. The van der Waals surface area contributed by atoms with E-state index < -0.39 is 0 Å². The summed E-state index contributed by atoms with van der Waals surface area (Å²) in [5.41, 5.74) is 6.05. The Balaban J connectivity index is 2.76. The van der Waals surface area contributed by atoms with E-state index in [1.165, 1.54) is 0 Å². The first-order valence-corrected chi connectivity index (χ1v) is 6.94. The normalized spacial score (nSPS) is 12.2. The Hall–Kier alpha value is -0.750. The second-order valence-electron chi connectivity index (χ2n) is 3.42. The smallest absolute Gasteiger partial charge is 0.255 e. The first kappa shape index (κ1) is 13.3. The van der Waals surface area contributed by atoms with Gasteiger partial charge in [-0.2, -0.15) is 11.8 Å². The van der Waals surface area contributed by atoms with Crippen LogP contribution in [0.25, 0.3) is 0 Å². The molecule has 1 unspecified atom stereocenters. The van der Waals surface area contributed by atoms with Crippen molar-refractivity contribution in [2.45, 2.75) is 13.0 Å². The zero-order valence-corrected chi connectivity index (χ0v) is 11.6. The molecule has 0 radical (unpaired) electrons. The Morgan fingerprint density at radius 1 is 1.75 bits per heavy atom. The molecule has 0 saturated carbocycles. The van der Waals surface area contributed by atoms with E-state index in [1.54, 1.807) is 24.0 Å². The number of amides is 1. The number of nitrogen functional groups attached to an aromatic ring is 1. The zero-order valence-electron chi connectivity index (χ0n) is 9.16. The summed E-state index contributed by atoms with van der Waals surface area (Å²) in [5, 5.41) is 2.86. The summed E-state index contributed by atoms with van der Waals surface area (Å²) in [6.07, 6.45) is 3.56. The third-order valence-electron chi connectivity index (χ3n) is 1.92. The molecule has 88 valence electrons. The number of halogens is 1. The first-order valence-electron chi connectivity index (χ1n) is 4.75. The van der Waals surface area contributed by atoms with E-state index in [-0.39, 0.29) is 17.8 Å².